The molecule has 0 fully saturated rings. The monoisotopic (exact) mass is 314 g/mol. The highest BCUT2D eigenvalue weighted by atomic mass is 16.5. The second-order valence-corrected chi connectivity index (χ2v) is 5.19. The average Bonchev–Trinajstić information content (AvgIpc) is 2.55. The normalized spacial score (nSPS) is 10.1. The smallest absolute Gasteiger partial charge is 0.255 e. The van der Waals surface area contributed by atoms with Gasteiger partial charge in [0.25, 0.3) is 5.91 Å². The number of hydrogen-bond donors (Lipinski definition) is 1. The van der Waals surface area contributed by atoms with Crippen LogP contribution in [-0.4, -0.2) is 33.7 Å². The first-order valence-corrected chi connectivity index (χ1v) is 7.44. The first-order valence-electron chi connectivity index (χ1n) is 7.44. The van der Waals surface area contributed by atoms with Gasteiger partial charge < -0.3 is 19.7 Å². The van der Waals surface area contributed by atoms with Crippen LogP contribution in [0.15, 0.2) is 42.5 Å². The maximum absolute atomic E-state index is 12.4. The summed E-state index contributed by atoms with van der Waals surface area (Å²) in [5.41, 5.74) is 2.33. The fourth-order valence-electron chi connectivity index (χ4n) is 2.13. The Morgan fingerprint density at radius 1 is 1.09 bits per heavy atom. The van der Waals surface area contributed by atoms with E-state index < -0.39 is 0 Å². The topological polar surface area (TPSA) is 50.8 Å². The molecule has 0 aliphatic heterocycles. The Labute approximate surface area is 136 Å². The molecule has 0 radical (unpaired) electrons. The SMILES string of the molecule is CCOc1ccc(C(=O)Nc2ccc(N(C)C)cc2)cc1OC. The second kappa shape index (κ2) is 7.54. The van der Waals surface area contributed by atoms with Gasteiger partial charge in [-0.05, 0) is 49.4 Å². The molecule has 0 heterocycles. The third kappa shape index (κ3) is 4.16. The molecule has 2 aromatic rings. The van der Waals surface area contributed by atoms with Crippen molar-refractivity contribution in [3.05, 3.63) is 48.0 Å². The molecule has 0 saturated heterocycles. The van der Waals surface area contributed by atoms with Crippen molar-refractivity contribution in [2.24, 2.45) is 0 Å². The minimum Gasteiger partial charge on any atom is -0.493 e. The van der Waals surface area contributed by atoms with Crippen LogP contribution in [0.25, 0.3) is 0 Å². The molecule has 0 saturated carbocycles. The molecule has 5 nitrogen and oxygen atoms in total. The van der Waals surface area contributed by atoms with Gasteiger partial charge in [-0.3, -0.25) is 4.79 Å². The van der Waals surface area contributed by atoms with E-state index in [9.17, 15) is 4.79 Å². The Morgan fingerprint density at radius 3 is 2.35 bits per heavy atom. The predicted octanol–water partition coefficient (Wildman–Crippen LogP) is 3.41. The van der Waals surface area contributed by atoms with Crippen molar-refractivity contribution in [2.45, 2.75) is 6.92 Å². The molecule has 0 aliphatic rings. The largest absolute Gasteiger partial charge is 0.493 e. The van der Waals surface area contributed by atoms with E-state index in [-0.39, 0.29) is 5.91 Å². The summed E-state index contributed by atoms with van der Waals surface area (Å²) in [5.74, 6) is 0.980. The van der Waals surface area contributed by atoms with Gasteiger partial charge in [0.1, 0.15) is 0 Å². The molecule has 2 aromatic carbocycles. The van der Waals surface area contributed by atoms with Crippen LogP contribution in [-0.2, 0) is 0 Å². The number of rotatable bonds is 6. The van der Waals surface area contributed by atoms with Gasteiger partial charge in [0.05, 0.1) is 13.7 Å². The van der Waals surface area contributed by atoms with Crippen molar-refractivity contribution in [1.82, 2.24) is 0 Å². The number of methoxy groups -OCH3 is 1. The molecule has 5 heteroatoms. The lowest BCUT2D eigenvalue weighted by atomic mass is 10.1. The number of hydrogen-bond acceptors (Lipinski definition) is 4. The third-order valence-electron chi connectivity index (χ3n) is 3.37. The standard InChI is InChI=1S/C18H22N2O3/c1-5-23-16-11-6-13(12-17(16)22-4)18(21)19-14-7-9-15(10-8-14)20(2)3/h6-12H,5H2,1-4H3,(H,19,21). The first kappa shape index (κ1) is 16.7. The van der Waals surface area contributed by atoms with Gasteiger partial charge in [-0.15, -0.1) is 0 Å². The van der Waals surface area contributed by atoms with Crippen LogP contribution in [0.2, 0.25) is 0 Å². The minimum absolute atomic E-state index is 0.191. The first-order chi connectivity index (χ1) is 11.0. The number of nitrogens with one attached hydrogen (secondary N) is 1. The van der Waals surface area contributed by atoms with E-state index in [2.05, 4.69) is 5.32 Å². The lowest BCUT2D eigenvalue weighted by molar-refractivity contribution is 0.102. The van der Waals surface area contributed by atoms with Gasteiger partial charge in [0.15, 0.2) is 11.5 Å². The van der Waals surface area contributed by atoms with Gasteiger partial charge in [0, 0.05) is 31.0 Å². The summed E-state index contributed by atoms with van der Waals surface area (Å²) in [6.07, 6.45) is 0. The zero-order valence-electron chi connectivity index (χ0n) is 13.9. The average molecular weight is 314 g/mol. The molecular weight excluding hydrogens is 292 g/mol. The fourth-order valence-corrected chi connectivity index (χ4v) is 2.13. The Hall–Kier alpha value is -2.69. The molecule has 1 N–H and O–H groups in total. The van der Waals surface area contributed by atoms with Crippen molar-refractivity contribution < 1.29 is 14.3 Å². The molecule has 2 rings (SSSR count). The highest BCUT2D eigenvalue weighted by Gasteiger charge is 2.11. The van der Waals surface area contributed by atoms with Crippen LogP contribution < -0.4 is 19.7 Å². The van der Waals surface area contributed by atoms with Gasteiger partial charge in [-0.2, -0.15) is 0 Å². The predicted molar refractivity (Wildman–Crippen MR) is 92.9 cm³/mol. The van der Waals surface area contributed by atoms with E-state index in [0.717, 1.165) is 11.4 Å². The molecule has 23 heavy (non-hydrogen) atoms. The van der Waals surface area contributed by atoms with Gasteiger partial charge in [-0.25, -0.2) is 0 Å². The van der Waals surface area contributed by atoms with Crippen molar-refractivity contribution in [3.8, 4) is 11.5 Å². The van der Waals surface area contributed by atoms with Crippen LogP contribution in [0.5, 0.6) is 11.5 Å². The molecule has 0 aliphatic carbocycles. The van der Waals surface area contributed by atoms with E-state index >= 15 is 0 Å². The van der Waals surface area contributed by atoms with Crippen LogP contribution in [0, 0.1) is 0 Å². The van der Waals surface area contributed by atoms with Gasteiger partial charge >= 0.3 is 0 Å². The summed E-state index contributed by atoms with van der Waals surface area (Å²) in [5, 5.41) is 2.87. The van der Waals surface area contributed by atoms with Crippen LogP contribution >= 0.6 is 0 Å². The summed E-state index contributed by atoms with van der Waals surface area (Å²) in [4.78, 5) is 14.4. The number of nitrogens with zero attached hydrogens (tertiary/aromatic N) is 1. The summed E-state index contributed by atoms with van der Waals surface area (Å²) < 4.78 is 10.7. The minimum atomic E-state index is -0.191. The molecular formula is C18H22N2O3. The Balaban J connectivity index is 2.13. The molecule has 0 bridgehead atoms. The van der Waals surface area contributed by atoms with Crippen molar-refractivity contribution >= 4 is 17.3 Å². The molecule has 0 spiro atoms. The summed E-state index contributed by atoms with van der Waals surface area (Å²) in [6.45, 7) is 2.44. The Morgan fingerprint density at radius 2 is 1.78 bits per heavy atom. The molecule has 0 unspecified atom stereocenters. The molecule has 0 atom stereocenters. The molecule has 122 valence electrons. The zero-order valence-corrected chi connectivity index (χ0v) is 13.9. The number of benzene rings is 2. The number of anilines is 2. The summed E-state index contributed by atoms with van der Waals surface area (Å²) in [7, 11) is 5.50. The van der Waals surface area contributed by atoms with Crippen LogP contribution in [0.1, 0.15) is 17.3 Å². The van der Waals surface area contributed by atoms with Crippen LogP contribution in [0.4, 0.5) is 11.4 Å². The van der Waals surface area contributed by atoms with Gasteiger partial charge in [-0.1, -0.05) is 0 Å². The fraction of sp³-hybridized carbons (Fsp3) is 0.278. The van der Waals surface area contributed by atoms with E-state index in [1.54, 1.807) is 25.3 Å². The molecule has 1 amide bonds. The number of carbonyl (C=O) groups excluding carboxylic acids is 1. The molecule has 0 aromatic heterocycles. The zero-order chi connectivity index (χ0) is 16.8. The van der Waals surface area contributed by atoms with Crippen molar-refractivity contribution in [2.75, 3.05) is 38.0 Å². The lowest BCUT2D eigenvalue weighted by Crippen LogP contribution is -2.13. The van der Waals surface area contributed by atoms with Crippen molar-refractivity contribution in [1.29, 1.82) is 0 Å². The summed E-state index contributed by atoms with van der Waals surface area (Å²) >= 11 is 0. The Kier molecular flexibility index (Phi) is 5.46. The van der Waals surface area contributed by atoms with Crippen LogP contribution in [0.3, 0.4) is 0 Å². The van der Waals surface area contributed by atoms with E-state index in [1.165, 1.54) is 0 Å². The van der Waals surface area contributed by atoms with E-state index in [1.807, 2.05) is 50.2 Å². The quantitative estimate of drug-likeness (QED) is 0.888. The second-order valence-electron chi connectivity index (χ2n) is 5.19. The number of ether oxygens (including phenoxy) is 2. The van der Waals surface area contributed by atoms with E-state index in [0.29, 0.717) is 23.7 Å². The third-order valence-corrected chi connectivity index (χ3v) is 3.37. The maximum Gasteiger partial charge on any atom is 0.255 e. The van der Waals surface area contributed by atoms with E-state index in [4.69, 9.17) is 9.47 Å². The highest BCUT2D eigenvalue weighted by Crippen LogP contribution is 2.28. The number of carbonyl (C=O) groups is 1. The summed E-state index contributed by atoms with van der Waals surface area (Å²) in [6, 6.07) is 12.8. The number of amides is 1. The maximum atomic E-state index is 12.4. The van der Waals surface area contributed by atoms with Gasteiger partial charge in [0.2, 0.25) is 0 Å². The Bertz CT molecular complexity index is 666. The lowest BCUT2D eigenvalue weighted by Gasteiger charge is -2.13. The van der Waals surface area contributed by atoms with Crippen molar-refractivity contribution in [3.63, 3.8) is 0 Å². The highest BCUT2D eigenvalue weighted by molar-refractivity contribution is 6.04.